The summed E-state index contributed by atoms with van der Waals surface area (Å²) >= 11 is 7.35. The average molecular weight is 312 g/mol. The first-order valence-corrected chi connectivity index (χ1v) is 7.53. The Kier molecular flexibility index (Phi) is 5.37. The molecule has 0 saturated heterocycles. The van der Waals surface area contributed by atoms with Crippen molar-refractivity contribution in [1.82, 2.24) is 25.9 Å². The molecule has 0 fully saturated rings. The van der Waals surface area contributed by atoms with Gasteiger partial charge in [-0.15, -0.1) is 22.0 Å². The summed E-state index contributed by atoms with van der Waals surface area (Å²) in [6, 6.07) is 7.34. The highest BCUT2D eigenvalue weighted by Gasteiger charge is 2.13. The van der Waals surface area contributed by atoms with Gasteiger partial charge in [0, 0.05) is 10.8 Å². The quantitative estimate of drug-likeness (QED) is 0.852. The lowest BCUT2D eigenvalue weighted by atomic mass is 10.2. The number of carbonyl (C=O) groups excluding carboxylic acids is 1. The van der Waals surface area contributed by atoms with Crippen LogP contribution < -0.4 is 5.32 Å². The molecule has 1 unspecified atom stereocenters. The third-order valence-corrected chi connectivity index (χ3v) is 3.80. The number of hydrogen-bond donors (Lipinski definition) is 2. The summed E-state index contributed by atoms with van der Waals surface area (Å²) in [7, 11) is 0. The Morgan fingerprint density at radius 1 is 1.45 bits per heavy atom. The van der Waals surface area contributed by atoms with Crippen LogP contribution in [-0.4, -0.2) is 32.3 Å². The molecule has 0 aliphatic heterocycles. The van der Waals surface area contributed by atoms with Gasteiger partial charge in [0.05, 0.1) is 11.8 Å². The zero-order valence-corrected chi connectivity index (χ0v) is 12.4. The molecule has 0 saturated carbocycles. The van der Waals surface area contributed by atoms with E-state index in [0.717, 1.165) is 11.3 Å². The van der Waals surface area contributed by atoms with Crippen molar-refractivity contribution in [1.29, 1.82) is 0 Å². The number of halogens is 1. The number of carbonyl (C=O) groups is 1. The number of benzene rings is 1. The van der Waals surface area contributed by atoms with Crippen LogP contribution in [0.15, 0.2) is 24.3 Å². The molecule has 1 aromatic carbocycles. The molecule has 1 atom stereocenters. The van der Waals surface area contributed by atoms with Crippen molar-refractivity contribution < 1.29 is 4.79 Å². The summed E-state index contributed by atoms with van der Waals surface area (Å²) in [5, 5.41) is 17.0. The Balaban J connectivity index is 1.71. The Bertz CT molecular complexity index is 545. The fourth-order valence-electron chi connectivity index (χ4n) is 1.54. The van der Waals surface area contributed by atoms with Crippen molar-refractivity contribution >= 4 is 29.3 Å². The number of aromatic amines is 1. The molecule has 0 radical (unpaired) electrons. The summed E-state index contributed by atoms with van der Waals surface area (Å²) in [4.78, 5) is 11.8. The number of amides is 1. The van der Waals surface area contributed by atoms with Crippen LogP contribution in [0.1, 0.15) is 24.4 Å². The predicted molar refractivity (Wildman–Crippen MR) is 78.3 cm³/mol. The Hall–Kier alpha value is -1.60. The van der Waals surface area contributed by atoms with Crippen LogP contribution in [0, 0.1) is 0 Å². The fraction of sp³-hybridized carbons (Fsp3) is 0.333. The van der Waals surface area contributed by atoms with Gasteiger partial charge in [0.2, 0.25) is 5.91 Å². The summed E-state index contributed by atoms with van der Waals surface area (Å²) in [5.41, 5.74) is 1.14. The van der Waals surface area contributed by atoms with E-state index in [2.05, 4.69) is 25.9 Å². The topological polar surface area (TPSA) is 83.6 Å². The molecule has 2 aromatic rings. The molecule has 1 aromatic heterocycles. The first-order chi connectivity index (χ1) is 9.65. The molecule has 1 heterocycles. The van der Waals surface area contributed by atoms with E-state index in [-0.39, 0.29) is 11.9 Å². The van der Waals surface area contributed by atoms with Gasteiger partial charge in [-0.05, 0) is 24.6 Å². The van der Waals surface area contributed by atoms with Crippen LogP contribution in [0.2, 0.25) is 5.02 Å². The number of thioether (sulfide) groups is 1. The van der Waals surface area contributed by atoms with Gasteiger partial charge < -0.3 is 5.32 Å². The van der Waals surface area contributed by atoms with Gasteiger partial charge in [-0.3, -0.25) is 4.79 Å². The Labute approximate surface area is 125 Å². The summed E-state index contributed by atoms with van der Waals surface area (Å²) in [5.74, 6) is 1.56. The number of hydrogen-bond acceptors (Lipinski definition) is 5. The third-order valence-electron chi connectivity index (χ3n) is 2.54. The molecule has 1 amide bonds. The number of tetrazole rings is 1. The lowest BCUT2D eigenvalue weighted by Crippen LogP contribution is -2.28. The fourth-order valence-corrected chi connectivity index (χ4v) is 2.47. The highest BCUT2D eigenvalue weighted by atomic mass is 35.5. The highest BCUT2D eigenvalue weighted by Crippen LogP contribution is 2.15. The molecule has 20 heavy (non-hydrogen) atoms. The SMILES string of the molecule is CC(NC(=O)CSCc1ccc(Cl)cc1)c1nn[nH]n1. The molecule has 0 bridgehead atoms. The van der Waals surface area contributed by atoms with E-state index in [1.165, 1.54) is 0 Å². The molecule has 2 rings (SSSR count). The van der Waals surface area contributed by atoms with E-state index in [0.29, 0.717) is 16.6 Å². The molecule has 0 aliphatic carbocycles. The van der Waals surface area contributed by atoms with E-state index < -0.39 is 0 Å². The first kappa shape index (κ1) is 14.8. The zero-order valence-electron chi connectivity index (χ0n) is 10.8. The largest absolute Gasteiger partial charge is 0.345 e. The Morgan fingerprint density at radius 3 is 2.85 bits per heavy atom. The van der Waals surface area contributed by atoms with Crippen LogP contribution in [0.3, 0.4) is 0 Å². The van der Waals surface area contributed by atoms with E-state index in [1.807, 2.05) is 31.2 Å². The maximum atomic E-state index is 11.8. The van der Waals surface area contributed by atoms with Crippen molar-refractivity contribution in [2.45, 2.75) is 18.7 Å². The monoisotopic (exact) mass is 311 g/mol. The zero-order chi connectivity index (χ0) is 14.4. The van der Waals surface area contributed by atoms with E-state index in [4.69, 9.17) is 11.6 Å². The standard InChI is InChI=1S/C12H14ClN5OS/c1-8(12-15-17-18-16-12)14-11(19)7-20-6-9-2-4-10(13)5-3-9/h2-5,8H,6-7H2,1H3,(H,14,19)(H,15,16,17,18). The van der Waals surface area contributed by atoms with Gasteiger partial charge in [-0.2, -0.15) is 5.21 Å². The van der Waals surface area contributed by atoms with Gasteiger partial charge in [0.25, 0.3) is 0 Å². The predicted octanol–water partition coefficient (Wildman–Crippen LogP) is 1.96. The molecular formula is C12H14ClN5OS. The van der Waals surface area contributed by atoms with Gasteiger partial charge in [0.15, 0.2) is 5.82 Å². The van der Waals surface area contributed by atoms with Crippen molar-refractivity contribution in [3.63, 3.8) is 0 Å². The second kappa shape index (κ2) is 7.25. The van der Waals surface area contributed by atoms with Gasteiger partial charge in [0.1, 0.15) is 0 Å². The molecule has 6 nitrogen and oxygen atoms in total. The van der Waals surface area contributed by atoms with Gasteiger partial charge in [-0.25, -0.2) is 0 Å². The summed E-state index contributed by atoms with van der Waals surface area (Å²) in [6.45, 7) is 1.81. The first-order valence-electron chi connectivity index (χ1n) is 6.00. The molecule has 0 aliphatic rings. The molecule has 2 N–H and O–H groups in total. The highest BCUT2D eigenvalue weighted by molar-refractivity contribution is 7.99. The van der Waals surface area contributed by atoms with E-state index in [9.17, 15) is 4.79 Å². The number of nitrogens with one attached hydrogen (secondary N) is 2. The van der Waals surface area contributed by atoms with E-state index in [1.54, 1.807) is 11.8 Å². The summed E-state index contributed by atoms with van der Waals surface area (Å²) in [6.07, 6.45) is 0. The number of H-pyrrole nitrogens is 1. The number of aromatic nitrogens is 4. The van der Waals surface area contributed by atoms with Crippen LogP contribution in [0.5, 0.6) is 0 Å². The second-order valence-corrected chi connectivity index (χ2v) is 5.60. The van der Waals surface area contributed by atoms with Crippen LogP contribution in [-0.2, 0) is 10.5 Å². The average Bonchev–Trinajstić information content (AvgIpc) is 2.95. The van der Waals surface area contributed by atoms with Crippen molar-refractivity contribution in [2.24, 2.45) is 0 Å². The van der Waals surface area contributed by atoms with Crippen LogP contribution >= 0.6 is 23.4 Å². The van der Waals surface area contributed by atoms with Gasteiger partial charge in [-0.1, -0.05) is 28.9 Å². The smallest absolute Gasteiger partial charge is 0.230 e. The lowest BCUT2D eigenvalue weighted by Gasteiger charge is -2.09. The second-order valence-electron chi connectivity index (χ2n) is 4.18. The molecule has 8 heteroatoms. The van der Waals surface area contributed by atoms with Crippen molar-refractivity contribution in [3.8, 4) is 0 Å². The van der Waals surface area contributed by atoms with Crippen LogP contribution in [0.4, 0.5) is 0 Å². The third kappa shape index (κ3) is 4.50. The van der Waals surface area contributed by atoms with Crippen LogP contribution in [0.25, 0.3) is 0 Å². The lowest BCUT2D eigenvalue weighted by molar-refractivity contribution is -0.119. The maximum Gasteiger partial charge on any atom is 0.230 e. The summed E-state index contributed by atoms with van der Waals surface area (Å²) < 4.78 is 0. The molecular weight excluding hydrogens is 298 g/mol. The Morgan fingerprint density at radius 2 is 2.20 bits per heavy atom. The van der Waals surface area contributed by atoms with Gasteiger partial charge >= 0.3 is 0 Å². The minimum atomic E-state index is -0.252. The van der Waals surface area contributed by atoms with Crippen molar-refractivity contribution in [3.05, 3.63) is 40.7 Å². The maximum absolute atomic E-state index is 11.8. The normalized spacial score (nSPS) is 12.1. The van der Waals surface area contributed by atoms with E-state index >= 15 is 0 Å². The van der Waals surface area contributed by atoms with Crippen molar-refractivity contribution in [2.75, 3.05) is 5.75 Å². The molecule has 0 spiro atoms. The minimum Gasteiger partial charge on any atom is -0.345 e. The number of rotatable bonds is 6. The minimum absolute atomic E-state index is 0.0544. The number of nitrogens with zero attached hydrogens (tertiary/aromatic N) is 3. The molecule has 106 valence electrons.